The van der Waals surface area contributed by atoms with E-state index in [1.165, 1.54) is 302 Å². The molecule has 0 aliphatic rings. The van der Waals surface area contributed by atoms with E-state index < -0.39 is 12.1 Å². The minimum absolute atomic E-state index is 0.0209. The molecule has 1 amide bonds. The molecule has 0 rings (SSSR count). The molecule has 6 nitrogen and oxygen atoms in total. The summed E-state index contributed by atoms with van der Waals surface area (Å²) in [5, 5.41) is 23.1. The highest BCUT2D eigenvalue weighted by Gasteiger charge is 2.18. The van der Waals surface area contributed by atoms with Crippen molar-refractivity contribution in [3.63, 3.8) is 0 Å². The van der Waals surface area contributed by atoms with Gasteiger partial charge in [-0.05, 0) is 32.1 Å². The average Bonchev–Trinajstić information content (AvgIpc) is 3.37. The first-order valence-electron chi connectivity index (χ1n) is 32.5. The van der Waals surface area contributed by atoms with Gasteiger partial charge in [-0.3, -0.25) is 9.59 Å². The quantitative estimate of drug-likeness (QED) is 0.0320. The number of allylic oxidation sites excluding steroid dienone is 1. The summed E-state index contributed by atoms with van der Waals surface area (Å²) in [5.41, 5.74) is 0. The Bertz CT molecular complexity index is 1060. The van der Waals surface area contributed by atoms with Gasteiger partial charge in [-0.2, -0.15) is 0 Å². The zero-order valence-electron chi connectivity index (χ0n) is 48.2. The first-order chi connectivity index (χ1) is 35.0. The molecule has 2 atom stereocenters. The summed E-state index contributed by atoms with van der Waals surface area (Å²) in [7, 11) is 0. The van der Waals surface area contributed by atoms with E-state index in [4.69, 9.17) is 4.74 Å². The van der Waals surface area contributed by atoms with Crippen LogP contribution in [0.3, 0.4) is 0 Å². The molecular formula is C65H127NO5. The summed E-state index contributed by atoms with van der Waals surface area (Å²) in [6.07, 6.45) is 74.2. The van der Waals surface area contributed by atoms with E-state index >= 15 is 0 Å². The first-order valence-corrected chi connectivity index (χ1v) is 32.5. The minimum atomic E-state index is -0.841. The molecule has 0 aromatic heterocycles. The van der Waals surface area contributed by atoms with Gasteiger partial charge in [0, 0.05) is 12.8 Å². The van der Waals surface area contributed by atoms with Crippen LogP contribution in [0, 0.1) is 0 Å². The number of nitrogens with one attached hydrogen (secondary N) is 1. The molecule has 0 spiro atoms. The number of aliphatic hydroxyl groups is 2. The van der Waals surface area contributed by atoms with E-state index in [9.17, 15) is 19.8 Å². The van der Waals surface area contributed by atoms with Crippen LogP contribution in [0.25, 0.3) is 0 Å². The lowest BCUT2D eigenvalue weighted by Crippen LogP contribution is -2.45. The van der Waals surface area contributed by atoms with Gasteiger partial charge in [0.15, 0.2) is 0 Å². The second-order valence-corrected chi connectivity index (χ2v) is 22.5. The van der Waals surface area contributed by atoms with Crippen molar-refractivity contribution >= 4 is 11.9 Å². The Morgan fingerprint density at radius 3 is 0.958 bits per heavy atom. The molecular weight excluding hydrogens is 875 g/mol. The summed E-state index contributed by atoms with van der Waals surface area (Å²) in [5.74, 6) is -0.0437. The SMILES string of the molecule is CCCCCCCCCCCC/C=C/C(O)C(CO)NC(=O)CCCCCCCCCCCCCCCCCCCCCCCCCCCCOC(=O)CCCCCCCCCCCCCCCCCC. The highest BCUT2D eigenvalue weighted by Crippen LogP contribution is 2.18. The monoisotopic (exact) mass is 1000 g/mol. The average molecular weight is 1000 g/mol. The van der Waals surface area contributed by atoms with Crippen molar-refractivity contribution in [3.05, 3.63) is 12.2 Å². The van der Waals surface area contributed by atoms with Gasteiger partial charge in [0.1, 0.15) is 0 Å². The number of rotatable bonds is 61. The van der Waals surface area contributed by atoms with Crippen molar-refractivity contribution in [1.29, 1.82) is 0 Å². The zero-order chi connectivity index (χ0) is 51.4. The van der Waals surface area contributed by atoms with E-state index in [1.54, 1.807) is 6.08 Å². The minimum Gasteiger partial charge on any atom is -0.466 e. The van der Waals surface area contributed by atoms with Gasteiger partial charge >= 0.3 is 5.97 Å². The van der Waals surface area contributed by atoms with E-state index in [-0.39, 0.29) is 18.5 Å². The lowest BCUT2D eigenvalue weighted by atomic mass is 10.0. The summed E-state index contributed by atoms with van der Waals surface area (Å²) < 4.78 is 5.50. The fourth-order valence-corrected chi connectivity index (χ4v) is 10.3. The standard InChI is InChI=1S/C65H127NO5/c1-3-5-7-9-11-13-15-17-18-32-35-39-43-47-51-55-59-65(70)71-60-56-52-48-44-40-36-33-30-28-26-24-22-20-19-21-23-25-27-29-31-34-38-42-46-50-54-58-64(69)66-62(61-67)63(68)57-53-49-45-41-37-16-14-12-10-8-6-4-2/h53,57,62-63,67-68H,3-52,54-56,58-61H2,1-2H3,(H,66,69)/b57-53+. The maximum atomic E-state index is 12.4. The number of aliphatic hydroxyl groups excluding tert-OH is 2. The van der Waals surface area contributed by atoms with Crippen molar-refractivity contribution in [2.24, 2.45) is 0 Å². The van der Waals surface area contributed by atoms with Crippen LogP contribution in [0.1, 0.15) is 367 Å². The molecule has 0 aromatic carbocycles. The Kier molecular flexibility index (Phi) is 59.9. The number of hydrogen-bond donors (Lipinski definition) is 3. The molecule has 0 aliphatic heterocycles. The maximum absolute atomic E-state index is 12.4. The Balaban J connectivity index is 3.33. The Labute approximate surface area is 444 Å². The number of carbonyl (C=O) groups excluding carboxylic acids is 2. The zero-order valence-corrected chi connectivity index (χ0v) is 48.2. The van der Waals surface area contributed by atoms with Gasteiger partial charge in [0.05, 0.1) is 25.4 Å². The van der Waals surface area contributed by atoms with Crippen LogP contribution in [0.5, 0.6) is 0 Å². The molecule has 3 N–H and O–H groups in total. The molecule has 0 bridgehead atoms. The lowest BCUT2D eigenvalue weighted by Gasteiger charge is -2.20. The van der Waals surface area contributed by atoms with Crippen LogP contribution in [0.2, 0.25) is 0 Å². The summed E-state index contributed by atoms with van der Waals surface area (Å²) >= 11 is 0. The van der Waals surface area contributed by atoms with Crippen molar-refractivity contribution in [1.82, 2.24) is 5.32 Å². The van der Waals surface area contributed by atoms with Crippen LogP contribution in [0.4, 0.5) is 0 Å². The number of amides is 1. The van der Waals surface area contributed by atoms with Gasteiger partial charge in [-0.15, -0.1) is 0 Å². The number of esters is 1. The summed E-state index contributed by atoms with van der Waals surface area (Å²) in [6, 6.07) is -0.624. The van der Waals surface area contributed by atoms with Gasteiger partial charge in [0.25, 0.3) is 0 Å². The summed E-state index contributed by atoms with van der Waals surface area (Å²) in [4.78, 5) is 24.5. The van der Waals surface area contributed by atoms with E-state index in [2.05, 4.69) is 19.2 Å². The van der Waals surface area contributed by atoms with Crippen molar-refractivity contribution < 1.29 is 24.5 Å². The number of unbranched alkanes of at least 4 members (excludes halogenated alkanes) is 50. The van der Waals surface area contributed by atoms with Crippen LogP contribution in [-0.4, -0.2) is 47.4 Å². The predicted molar refractivity (Wildman–Crippen MR) is 310 cm³/mol. The second-order valence-electron chi connectivity index (χ2n) is 22.5. The summed E-state index contributed by atoms with van der Waals surface area (Å²) in [6.45, 7) is 4.93. The van der Waals surface area contributed by atoms with Crippen molar-refractivity contribution in [3.8, 4) is 0 Å². The maximum Gasteiger partial charge on any atom is 0.305 e. The molecule has 0 radical (unpaired) electrons. The normalized spacial score (nSPS) is 12.6. The second kappa shape index (κ2) is 61.1. The van der Waals surface area contributed by atoms with Gasteiger partial charge in [0.2, 0.25) is 5.91 Å². The molecule has 0 fully saturated rings. The highest BCUT2D eigenvalue weighted by molar-refractivity contribution is 5.76. The Hall–Kier alpha value is -1.40. The fraction of sp³-hybridized carbons (Fsp3) is 0.938. The number of carbonyl (C=O) groups is 2. The largest absolute Gasteiger partial charge is 0.466 e. The molecule has 0 aliphatic carbocycles. The van der Waals surface area contributed by atoms with E-state index in [1.807, 2.05) is 6.08 Å². The van der Waals surface area contributed by atoms with Crippen molar-refractivity contribution in [2.75, 3.05) is 13.2 Å². The van der Waals surface area contributed by atoms with Gasteiger partial charge in [-0.25, -0.2) is 0 Å². The molecule has 0 heterocycles. The van der Waals surface area contributed by atoms with Crippen molar-refractivity contribution in [2.45, 2.75) is 379 Å². The molecule has 2 unspecified atom stereocenters. The predicted octanol–water partition coefficient (Wildman–Crippen LogP) is 20.4. The van der Waals surface area contributed by atoms with Crippen LogP contribution in [0.15, 0.2) is 12.2 Å². The van der Waals surface area contributed by atoms with Gasteiger partial charge in [-0.1, -0.05) is 334 Å². The third kappa shape index (κ3) is 57.7. The number of ether oxygens (including phenoxy) is 1. The van der Waals surface area contributed by atoms with E-state index in [0.29, 0.717) is 19.4 Å². The molecule has 0 saturated heterocycles. The highest BCUT2D eigenvalue weighted by atomic mass is 16.5. The molecule has 422 valence electrons. The van der Waals surface area contributed by atoms with Crippen LogP contribution in [-0.2, 0) is 14.3 Å². The third-order valence-electron chi connectivity index (χ3n) is 15.3. The smallest absolute Gasteiger partial charge is 0.305 e. The topological polar surface area (TPSA) is 95.9 Å². The molecule has 71 heavy (non-hydrogen) atoms. The lowest BCUT2D eigenvalue weighted by molar-refractivity contribution is -0.143. The van der Waals surface area contributed by atoms with Crippen LogP contribution >= 0.6 is 0 Å². The molecule has 0 aromatic rings. The first kappa shape index (κ1) is 69.6. The third-order valence-corrected chi connectivity index (χ3v) is 15.3. The Morgan fingerprint density at radius 2 is 0.648 bits per heavy atom. The molecule has 6 heteroatoms. The van der Waals surface area contributed by atoms with Gasteiger partial charge < -0.3 is 20.3 Å². The number of hydrogen-bond acceptors (Lipinski definition) is 5. The van der Waals surface area contributed by atoms with Crippen LogP contribution < -0.4 is 5.32 Å². The van der Waals surface area contributed by atoms with E-state index in [0.717, 1.165) is 38.5 Å². The fourth-order valence-electron chi connectivity index (χ4n) is 10.3. The molecule has 0 saturated carbocycles. The Morgan fingerprint density at radius 1 is 0.380 bits per heavy atom.